The van der Waals surface area contributed by atoms with Gasteiger partial charge in [-0.25, -0.2) is 62.7 Å². The van der Waals surface area contributed by atoms with E-state index in [-0.39, 0.29) is 50.9 Å². The van der Waals surface area contributed by atoms with Crippen LogP contribution in [0.5, 0.6) is 0 Å². The number of nitrogens with zero attached hydrogens (tertiary/aromatic N) is 14. The van der Waals surface area contributed by atoms with Crippen molar-refractivity contribution in [3.8, 4) is 0 Å². The van der Waals surface area contributed by atoms with Gasteiger partial charge in [-0.1, -0.05) is 0 Å². The molecule has 24 atom stereocenters. The zero-order chi connectivity index (χ0) is 74.4. The third-order valence-electron chi connectivity index (χ3n) is 16.7. The second-order valence-electron chi connectivity index (χ2n) is 23.3. The first-order chi connectivity index (χ1) is 49.2. The van der Waals surface area contributed by atoms with Crippen LogP contribution in [0.1, 0.15) is 31.1 Å². The van der Waals surface area contributed by atoms with Crippen LogP contribution in [-0.2, 0) is 78.1 Å². The number of ether oxygens (including phenoxy) is 5. The van der Waals surface area contributed by atoms with E-state index in [2.05, 4.69) is 49.8 Å². The van der Waals surface area contributed by atoms with E-state index in [0.29, 0.717) is 4.57 Å². The van der Waals surface area contributed by atoms with E-state index >= 15 is 0 Å². The molecule has 21 N–H and O–H groups in total. The molecular weight excluding hydrogens is 1490 g/mol. The Kier molecular flexibility index (Phi) is 20.6. The van der Waals surface area contributed by atoms with Crippen LogP contribution in [0.2, 0.25) is 0 Å². The number of hydrogen-bond acceptors (Lipinski definition) is 41. The molecule has 56 heteroatoms. The monoisotopic (exact) mass is 1550 g/mol. The first-order valence-electron chi connectivity index (χ1n) is 30.0. The predicted molar refractivity (Wildman–Crippen MR) is 332 cm³/mol. The summed E-state index contributed by atoms with van der Waals surface area (Å²) in [6.45, 7) is -5.97. The Morgan fingerprint density at radius 1 is 0.442 bits per heavy atom. The number of phosphoric ester groups is 4. The predicted octanol–water partition coefficient (Wildman–Crippen LogP) is -7.41. The maximum Gasteiger partial charge on any atom is 0.472 e. The second kappa shape index (κ2) is 28.8. The number of aliphatic hydroxyl groups is 7. The molecular formula is C48H60N20O32P4. The lowest BCUT2D eigenvalue weighted by Gasteiger charge is -2.27. The van der Waals surface area contributed by atoms with Gasteiger partial charge in [0.15, 0.2) is 65.2 Å². The van der Waals surface area contributed by atoms with Crippen molar-refractivity contribution in [2.45, 2.75) is 123 Å². The number of nitrogen functional groups attached to an aromatic ring is 4. The fourth-order valence-corrected chi connectivity index (χ4v) is 15.7. The molecule has 104 heavy (non-hydrogen) atoms. The first-order valence-corrected chi connectivity index (χ1v) is 36.0. The summed E-state index contributed by atoms with van der Waals surface area (Å²) in [7, 11) is -22.9. The number of nitrogens with one attached hydrogen (secondary N) is 2. The minimum Gasteiger partial charge on any atom is -0.394 e. The van der Waals surface area contributed by atoms with Gasteiger partial charge >= 0.3 is 42.7 Å². The molecule has 4 unspecified atom stereocenters. The van der Waals surface area contributed by atoms with E-state index in [1.165, 1.54) is 4.57 Å². The average Bonchev–Trinajstić information content (AvgIpc) is 1.62. The fourth-order valence-electron chi connectivity index (χ4n) is 11.9. The zero-order valence-corrected chi connectivity index (χ0v) is 55.7. The fraction of sp³-hybridized carbons (Fsp3) is 0.521. The lowest BCUT2D eigenvalue weighted by Crippen LogP contribution is -2.39. The number of nitrogens with two attached hydrogens (primary N) is 4. The summed E-state index contributed by atoms with van der Waals surface area (Å²) >= 11 is 0. The number of anilines is 4. The van der Waals surface area contributed by atoms with Gasteiger partial charge in [0, 0.05) is 18.5 Å². The highest BCUT2D eigenvalue weighted by Gasteiger charge is 2.56. The molecule has 0 bridgehead atoms. The summed E-state index contributed by atoms with van der Waals surface area (Å²) in [6, 6.07) is 1.96. The Labute approximate surface area is 574 Å². The molecule has 0 radical (unpaired) electrons. The van der Waals surface area contributed by atoms with Crippen LogP contribution in [0, 0.1) is 0 Å². The number of rotatable bonds is 26. The van der Waals surface area contributed by atoms with Crippen LogP contribution >= 0.6 is 31.3 Å². The maximum absolute atomic E-state index is 14.4. The van der Waals surface area contributed by atoms with Crippen molar-refractivity contribution in [3.05, 3.63) is 97.8 Å². The van der Waals surface area contributed by atoms with Crippen molar-refractivity contribution in [2.24, 2.45) is 0 Å². The third-order valence-corrected chi connectivity index (χ3v) is 20.6. The normalized spacial score (nSPS) is 32.5. The Bertz CT molecular complexity index is 4990. The van der Waals surface area contributed by atoms with Crippen LogP contribution in [0.25, 0.3) is 33.5 Å². The molecule has 564 valence electrons. The van der Waals surface area contributed by atoms with Crippen molar-refractivity contribution in [3.63, 3.8) is 0 Å². The zero-order valence-electron chi connectivity index (χ0n) is 52.1. The van der Waals surface area contributed by atoms with Gasteiger partial charge in [0.1, 0.15) is 121 Å². The van der Waals surface area contributed by atoms with Crippen molar-refractivity contribution in [1.82, 2.24) is 77.7 Å². The molecule has 0 spiro atoms. The minimum absolute atomic E-state index is 0.0372. The molecule has 52 nitrogen and oxygen atoms in total. The van der Waals surface area contributed by atoms with E-state index in [1.54, 1.807) is 0 Å². The van der Waals surface area contributed by atoms with Crippen molar-refractivity contribution in [2.75, 3.05) is 56.0 Å². The Morgan fingerprint density at radius 3 is 1.27 bits per heavy atom. The number of aromatic amines is 2. The summed E-state index contributed by atoms with van der Waals surface area (Å²) in [5, 5.41) is 78.7. The van der Waals surface area contributed by atoms with Gasteiger partial charge in [0.2, 0.25) is 5.95 Å². The second-order valence-corrected chi connectivity index (χ2v) is 28.9. The highest BCUT2D eigenvalue weighted by molar-refractivity contribution is 7.48. The molecule has 0 aliphatic carbocycles. The molecule has 5 saturated heterocycles. The summed E-state index contributed by atoms with van der Waals surface area (Å²) in [4.78, 5) is 135. The van der Waals surface area contributed by atoms with E-state index in [4.69, 9.17) is 82.8 Å². The Hall–Kier alpha value is -7.83. The summed E-state index contributed by atoms with van der Waals surface area (Å²) < 4.78 is 132. The molecule has 5 aliphatic heterocycles. The molecule has 13 rings (SSSR count). The summed E-state index contributed by atoms with van der Waals surface area (Å²) in [5.74, 6) is -0.921. The van der Waals surface area contributed by atoms with Crippen molar-refractivity contribution >= 4 is 88.2 Å². The highest BCUT2D eigenvalue weighted by Crippen LogP contribution is 2.55. The standard InChI is InChI=1S/C48H60N20O32P4/c49-20-1-3-64(47(78)60-20)41-26(72)25(71)16(93-41)6-88-101(80,81)98-32-17(94-42(28(32)74)65-4-2-21(70)61-48(65)79)7-90-103(84,85)99-33-18(95-44(29(33)75)67-13-58-23-36(51)54-11-56-38(23)67)8-91-104(86,87)100-34-19(96-45(30(34)76)68-14-59-24-39(68)62-46(52)63-40(24)77)9-89-102(82,83)97-31-15(5-69)92-43(27(31)73)66-12-57-22-35(50)53-10-55-37(22)66/h1-4,10-19,25-34,41-45,69,71-76H,5-9H2,(H,80,81)(H,82,83)(H,84,85)(H,86,87)(H2,49,60,78)(H2,50,53,55)(H2,51,54,56)(H,61,70,79)(H3,52,62,63,77)/t15-,16-,17-,18-,19-,25-,26-,27-,28-,29-,30-,31-,32-,33-,34-,41-,42-,43-,44-,45-/m1/s1. The number of imidazole rings is 3. The molecule has 0 aromatic carbocycles. The van der Waals surface area contributed by atoms with Gasteiger partial charge in [-0.3, -0.25) is 78.6 Å². The van der Waals surface area contributed by atoms with Crippen LogP contribution in [0.4, 0.5) is 23.4 Å². The van der Waals surface area contributed by atoms with Crippen LogP contribution in [0.15, 0.2) is 75.3 Å². The number of aliphatic hydroxyl groups excluding tert-OH is 7. The largest absolute Gasteiger partial charge is 0.472 e. The SMILES string of the molecule is Nc1ccn([C@@H]2O[C@H](COP(=O)(O)O[C@H]3[C@@H](O)[C@H](n4ccc(=O)[nH]c4=O)O[C@@H]3COP(=O)(O)O[C@H]3[C@@H](O)[C@H](n4cnc5c(N)ncnc54)O[C@@H]3COP(=O)(O)O[C@H]3[C@@H](O)[C@H](n4cnc5c(=O)[nH]c(N)nc54)O[C@@H]3COP(=O)(O)O[C@H]3[C@@H](O)[C@H](n4cnc5c(N)ncnc54)O[C@@H]3CO)[C@@H](O)[C@H]2O)c(=O)n1. The first kappa shape index (κ1) is 74.4. The Morgan fingerprint density at radius 2 is 0.827 bits per heavy atom. The highest BCUT2D eigenvalue weighted by atomic mass is 31.2. The van der Waals surface area contributed by atoms with Gasteiger partial charge in [-0.05, 0) is 6.07 Å². The molecule has 5 aliphatic rings. The van der Waals surface area contributed by atoms with Gasteiger partial charge in [-0.15, -0.1) is 0 Å². The smallest absolute Gasteiger partial charge is 0.394 e. The van der Waals surface area contributed by atoms with Crippen molar-refractivity contribution in [1.29, 1.82) is 0 Å². The molecule has 13 heterocycles. The number of phosphoric acid groups is 4. The quantitative estimate of drug-likeness (QED) is 0.0224. The van der Waals surface area contributed by atoms with Gasteiger partial charge < -0.3 is 102 Å². The van der Waals surface area contributed by atoms with Gasteiger partial charge in [0.25, 0.3) is 11.1 Å². The maximum atomic E-state index is 14.4. The number of aromatic nitrogens is 16. The van der Waals surface area contributed by atoms with Crippen LogP contribution in [0.3, 0.4) is 0 Å². The Balaban J connectivity index is 0.729. The lowest BCUT2D eigenvalue weighted by molar-refractivity contribution is -0.0655. The summed E-state index contributed by atoms with van der Waals surface area (Å²) in [6.07, 6.45) is -32.3. The molecule has 0 saturated carbocycles. The molecule has 8 aromatic heterocycles. The molecule has 5 fully saturated rings. The average molecular weight is 1550 g/mol. The molecule has 0 amide bonds. The van der Waals surface area contributed by atoms with Gasteiger partial charge in [-0.2, -0.15) is 9.97 Å². The van der Waals surface area contributed by atoms with Crippen LogP contribution < -0.4 is 45.4 Å². The third kappa shape index (κ3) is 14.8. The van der Waals surface area contributed by atoms with E-state index < -0.39 is 215 Å². The molecule has 8 aromatic rings. The van der Waals surface area contributed by atoms with Crippen LogP contribution in [-0.4, -0.2) is 258 Å². The van der Waals surface area contributed by atoms with E-state index in [1.807, 2.05) is 4.98 Å². The van der Waals surface area contributed by atoms with E-state index in [9.17, 15) is 92.8 Å². The number of fused-ring (bicyclic) bond motifs is 3. The lowest BCUT2D eigenvalue weighted by atomic mass is 10.1. The summed E-state index contributed by atoms with van der Waals surface area (Å²) in [5.41, 5.74) is 18.3. The number of H-pyrrole nitrogens is 2. The van der Waals surface area contributed by atoms with Gasteiger partial charge in [0.05, 0.1) is 52.0 Å². The topological polar surface area (TPSA) is 755 Å². The van der Waals surface area contributed by atoms with E-state index in [0.717, 1.165) is 69.9 Å². The minimum atomic E-state index is -5.87. The van der Waals surface area contributed by atoms with Crippen molar-refractivity contribution < 1.29 is 133 Å². The number of hydrogen-bond donors (Lipinski definition) is 17.